The average molecular weight is 336 g/mol. The molecule has 0 spiro atoms. The SMILES string of the molecule is C=C/C=C(\C=C)COC(=O)COSc1ccc(OC)c(OC)c1. The van der Waals surface area contributed by atoms with E-state index in [4.69, 9.17) is 18.4 Å². The largest absolute Gasteiger partial charge is 0.493 e. The van der Waals surface area contributed by atoms with Crippen molar-refractivity contribution >= 4 is 18.0 Å². The molecule has 0 saturated carbocycles. The summed E-state index contributed by atoms with van der Waals surface area (Å²) in [5.41, 5.74) is 0.765. The number of rotatable bonds is 10. The van der Waals surface area contributed by atoms with Crippen LogP contribution in [0.3, 0.4) is 0 Å². The van der Waals surface area contributed by atoms with Crippen molar-refractivity contribution in [3.05, 3.63) is 55.2 Å². The molecular weight excluding hydrogens is 316 g/mol. The zero-order valence-corrected chi connectivity index (χ0v) is 14.1. The van der Waals surface area contributed by atoms with Crippen LogP contribution in [0.5, 0.6) is 11.5 Å². The molecule has 23 heavy (non-hydrogen) atoms. The summed E-state index contributed by atoms with van der Waals surface area (Å²) >= 11 is 1.06. The Kier molecular flexibility index (Phi) is 8.64. The maximum atomic E-state index is 11.6. The fraction of sp³-hybridized carbons (Fsp3) is 0.235. The normalized spacial score (nSPS) is 10.8. The van der Waals surface area contributed by atoms with Crippen LogP contribution in [0.4, 0.5) is 0 Å². The van der Waals surface area contributed by atoms with E-state index in [1.54, 1.807) is 50.6 Å². The van der Waals surface area contributed by atoms with E-state index in [2.05, 4.69) is 13.2 Å². The number of esters is 1. The number of allylic oxidation sites excluding steroid dienone is 2. The van der Waals surface area contributed by atoms with E-state index in [-0.39, 0.29) is 13.2 Å². The third kappa shape index (κ3) is 6.63. The summed E-state index contributed by atoms with van der Waals surface area (Å²) < 4.78 is 20.7. The molecular formula is C17H20O5S. The fourth-order valence-electron chi connectivity index (χ4n) is 1.55. The Morgan fingerprint density at radius 2 is 1.91 bits per heavy atom. The van der Waals surface area contributed by atoms with Gasteiger partial charge in [0.2, 0.25) is 0 Å². The van der Waals surface area contributed by atoms with Crippen molar-refractivity contribution in [2.45, 2.75) is 4.90 Å². The predicted molar refractivity (Wildman–Crippen MR) is 90.8 cm³/mol. The van der Waals surface area contributed by atoms with Crippen molar-refractivity contribution in [2.24, 2.45) is 0 Å². The van der Waals surface area contributed by atoms with Crippen molar-refractivity contribution in [1.29, 1.82) is 0 Å². The van der Waals surface area contributed by atoms with Gasteiger partial charge in [0.25, 0.3) is 0 Å². The molecule has 0 N–H and O–H groups in total. The highest BCUT2D eigenvalue weighted by molar-refractivity contribution is 7.94. The predicted octanol–water partition coefficient (Wildman–Crippen LogP) is 3.57. The Balaban J connectivity index is 2.41. The summed E-state index contributed by atoms with van der Waals surface area (Å²) in [5.74, 6) is 0.755. The Morgan fingerprint density at radius 1 is 1.17 bits per heavy atom. The van der Waals surface area contributed by atoms with Gasteiger partial charge in [-0.2, -0.15) is 0 Å². The van der Waals surface area contributed by atoms with Gasteiger partial charge in [-0.25, -0.2) is 4.79 Å². The molecule has 0 aromatic heterocycles. The maximum absolute atomic E-state index is 11.6. The second kappa shape index (κ2) is 10.5. The van der Waals surface area contributed by atoms with Gasteiger partial charge in [0.15, 0.2) is 18.1 Å². The molecule has 1 aromatic rings. The van der Waals surface area contributed by atoms with Crippen molar-refractivity contribution in [3.63, 3.8) is 0 Å². The highest BCUT2D eigenvalue weighted by atomic mass is 32.2. The molecule has 5 nitrogen and oxygen atoms in total. The van der Waals surface area contributed by atoms with Gasteiger partial charge in [-0.05, 0) is 23.8 Å². The minimum absolute atomic E-state index is 0.138. The average Bonchev–Trinajstić information content (AvgIpc) is 2.58. The van der Waals surface area contributed by atoms with E-state index in [1.165, 1.54) is 0 Å². The first-order valence-corrected chi connectivity index (χ1v) is 7.50. The summed E-state index contributed by atoms with van der Waals surface area (Å²) in [6.07, 6.45) is 4.93. The summed E-state index contributed by atoms with van der Waals surface area (Å²) in [6.45, 7) is 7.17. The second-order valence-corrected chi connectivity index (χ2v) is 5.08. The molecule has 124 valence electrons. The molecule has 0 heterocycles. The summed E-state index contributed by atoms with van der Waals surface area (Å²) in [5, 5.41) is 0. The monoisotopic (exact) mass is 336 g/mol. The van der Waals surface area contributed by atoms with Gasteiger partial charge in [0.1, 0.15) is 6.61 Å². The molecule has 0 unspecified atom stereocenters. The van der Waals surface area contributed by atoms with E-state index in [0.717, 1.165) is 22.5 Å². The van der Waals surface area contributed by atoms with Crippen molar-refractivity contribution in [2.75, 3.05) is 27.4 Å². The van der Waals surface area contributed by atoms with Crippen LogP contribution >= 0.6 is 12.0 Å². The van der Waals surface area contributed by atoms with Crippen molar-refractivity contribution in [1.82, 2.24) is 0 Å². The second-order valence-electron chi connectivity index (χ2n) is 4.20. The molecule has 0 aliphatic carbocycles. The first kappa shape index (κ1) is 18.9. The van der Waals surface area contributed by atoms with E-state index in [1.807, 2.05) is 0 Å². The fourth-order valence-corrected chi connectivity index (χ4v) is 2.12. The molecule has 0 bridgehead atoms. The number of carbonyl (C=O) groups is 1. The van der Waals surface area contributed by atoms with Crippen molar-refractivity contribution in [3.8, 4) is 11.5 Å². The zero-order valence-electron chi connectivity index (χ0n) is 13.2. The minimum atomic E-state index is -0.463. The van der Waals surface area contributed by atoms with E-state index in [0.29, 0.717) is 11.5 Å². The Morgan fingerprint density at radius 3 is 2.52 bits per heavy atom. The van der Waals surface area contributed by atoms with Gasteiger partial charge in [-0.3, -0.25) is 4.18 Å². The molecule has 1 aromatic carbocycles. The smallest absolute Gasteiger partial charge is 0.333 e. The molecule has 0 amide bonds. The Labute approximate surface area is 140 Å². The first-order chi connectivity index (χ1) is 11.1. The van der Waals surface area contributed by atoms with Crippen LogP contribution in [0, 0.1) is 0 Å². The molecule has 0 atom stereocenters. The van der Waals surface area contributed by atoms with Crippen LogP contribution < -0.4 is 9.47 Å². The van der Waals surface area contributed by atoms with Crippen LogP contribution in [0.15, 0.2) is 60.1 Å². The number of methoxy groups -OCH3 is 2. The van der Waals surface area contributed by atoms with E-state index < -0.39 is 5.97 Å². The Bertz CT molecular complexity index is 580. The Hall–Kier alpha value is -2.18. The lowest BCUT2D eigenvalue weighted by Gasteiger charge is -2.09. The molecule has 1 rings (SSSR count). The number of carbonyl (C=O) groups excluding carboxylic acids is 1. The summed E-state index contributed by atoms with van der Waals surface area (Å²) in [6, 6.07) is 5.33. The first-order valence-electron chi connectivity index (χ1n) is 6.75. The molecule has 0 fully saturated rings. The highest BCUT2D eigenvalue weighted by Gasteiger charge is 2.08. The van der Waals surface area contributed by atoms with Crippen LogP contribution in [-0.4, -0.2) is 33.4 Å². The van der Waals surface area contributed by atoms with Crippen LogP contribution in [0.2, 0.25) is 0 Å². The van der Waals surface area contributed by atoms with Gasteiger partial charge >= 0.3 is 5.97 Å². The quantitative estimate of drug-likeness (QED) is 0.370. The van der Waals surface area contributed by atoms with E-state index in [9.17, 15) is 4.79 Å². The lowest BCUT2D eigenvalue weighted by Crippen LogP contribution is -2.12. The third-order valence-corrected chi connectivity index (χ3v) is 3.36. The zero-order chi connectivity index (χ0) is 17.1. The highest BCUT2D eigenvalue weighted by Crippen LogP contribution is 2.32. The van der Waals surface area contributed by atoms with Gasteiger partial charge in [0, 0.05) is 16.9 Å². The van der Waals surface area contributed by atoms with Gasteiger partial charge in [0.05, 0.1) is 14.2 Å². The van der Waals surface area contributed by atoms with Crippen molar-refractivity contribution < 1.29 is 23.2 Å². The van der Waals surface area contributed by atoms with Crippen LogP contribution in [0.25, 0.3) is 0 Å². The third-order valence-electron chi connectivity index (χ3n) is 2.68. The topological polar surface area (TPSA) is 54.0 Å². The molecule has 0 aliphatic heterocycles. The summed E-state index contributed by atoms with van der Waals surface area (Å²) in [4.78, 5) is 12.4. The number of benzene rings is 1. The van der Waals surface area contributed by atoms with Crippen LogP contribution in [-0.2, 0) is 13.7 Å². The molecule has 0 saturated heterocycles. The maximum Gasteiger partial charge on any atom is 0.333 e. The number of ether oxygens (including phenoxy) is 3. The number of hydrogen-bond donors (Lipinski definition) is 0. The summed E-state index contributed by atoms with van der Waals surface area (Å²) in [7, 11) is 3.12. The van der Waals surface area contributed by atoms with Gasteiger partial charge in [-0.1, -0.05) is 31.4 Å². The minimum Gasteiger partial charge on any atom is -0.493 e. The standard InChI is InChI=1S/C17H20O5S/c1-5-7-13(6-2)11-21-17(18)12-22-23-14-8-9-15(19-3)16(10-14)20-4/h5-10H,1-2,11-12H2,3-4H3/b13-7+. The number of hydrogen-bond acceptors (Lipinski definition) is 6. The molecule has 0 aliphatic rings. The lowest BCUT2D eigenvalue weighted by atomic mass is 10.2. The van der Waals surface area contributed by atoms with Gasteiger partial charge < -0.3 is 14.2 Å². The van der Waals surface area contributed by atoms with Gasteiger partial charge in [-0.15, -0.1) is 0 Å². The molecule has 0 radical (unpaired) electrons. The lowest BCUT2D eigenvalue weighted by molar-refractivity contribution is -0.144. The van der Waals surface area contributed by atoms with Crippen LogP contribution in [0.1, 0.15) is 0 Å². The molecule has 6 heteroatoms. The van der Waals surface area contributed by atoms with E-state index >= 15 is 0 Å².